The zero-order chi connectivity index (χ0) is 19.9. The fourth-order valence-electron chi connectivity index (χ4n) is 4.03. The van der Waals surface area contributed by atoms with Crippen LogP contribution in [-0.4, -0.2) is 18.2 Å². The fourth-order valence-corrected chi connectivity index (χ4v) is 4.29. The van der Waals surface area contributed by atoms with E-state index in [2.05, 4.69) is 29.2 Å². The lowest BCUT2D eigenvalue weighted by Gasteiger charge is -2.44. The Bertz CT molecular complexity index is 888. The molecule has 1 aliphatic carbocycles. The summed E-state index contributed by atoms with van der Waals surface area (Å²) in [4.78, 5) is 4.55. The number of aromatic nitrogens is 1. The summed E-state index contributed by atoms with van der Waals surface area (Å²) >= 11 is 6.42. The number of ether oxygens (including phenoxy) is 2. The van der Waals surface area contributed by atoms with Gasteiger partial charge >= 0.3 is 0 Å². The maximum absolute atomic E-state index is 6.42. The molecular formula is C25H26ClNO2. The highest BCUT2D eigenvalue weighted by molar-refractivity contribution is 6.31. The highest BCUT2D eigenvalue weighted by Gasteiger charge is 2.43. The van der Waals surface area contributed by atoms with Gasteiger partial charge in [0.05, 0.1) is 37.1 Å². The third-order valence-corrected chi connectivity index (χ3v) is 6.00. The van der Waals surface area contributed by atoms with Gasteiger partial charge in [0, 0.05) is 12.1 Å². The number of nitrogens with zero attached hydrogens (tertiary/aromatic N) is 1. The molecule has 0 radical (unpaired) electrons. The molecule has 0 bridgehead atoms. The number of hydrogen-bond donors (Lipinski definition) is 0. The number of benzene rings is 2. The molecule has 1 fully saturated rings. The Kier molecular flexibility index (Phi) is 6.94. The zero-order valence-corrected chi connectivity index (χ0v) is 17.2. The molecule has 29 heavy (non-hydrogen) atoms. The molecule has 1 saturated carbocycles. The molecule has 3 unspecified atom stereocenters. The summed E-state index contributed by atoms with van der Waals surface area (Å²) in [6.07, 6.45) is 2.85. The van der Waals surface area contributed by atoms with Gasteiger partial charge in [-0.2, -0.15) is 0 Å². The predicted octanol–water partition coefficient (Wildman–Crippen LogP) is 5.89. The Morgan fingerprint density at radius 1 is 0.793 bits per heavy atom. The van der Waals surface area contributed by atoms with E-state index >= 15 is 0 Å². The van der Waals surface area contributed by atoms with Crippen molar-refractivity contribution in [3.63, 3.8) is 0 Å². The van der Waals surface area contributed by atoms with Crippen molar-refractivity contribution < 1.29 is 9.47 Å². The van der Waals surface area contributed by atoms with E-state index < -0.39 is 0 Å². The minimum absolute atomic E-state index is 0.324. The molecule has 3 atom stereocenters. The smallest absolute Gasteiger partial charge is 0.0717 e. The molecule has 2 aromatic carbocycles. The molecule has 0 saturated heterocycles. The van der Waals surface area contributed by atoms with Crippen LogP contribution in [0.5, 0.6) is 0 Å². The normalized spacial score (nSPS) is 20.9. The third kappa shape index (κ3) is 5.24. The summed E-state index contributed by atoms with van der Waals surface area (Å²) < 4.78 is 12.1. The standard InChI is InChI=1S/C25H26ClNO2/c26-24-12-7-13-27-25(24)22-14-21(17-28-15-19-8-3-1-4-9-19)23(22)18-29-16-20-10-5-2-6-11-20/h1-13,21-23H,14-18H2. The molecule has 3 aromatic rings. The van der Waals surface area contributed by atoms with Crippen molar-refractivity contribution in [1.29, 1.82) is 0 Å². The molecule has 3 nitrogen and oxygen atoms in total. The second-order valence-corrected chi connectivity index (χ2v) is 8.05. The Hall–Kier alpha value is -2.20. The van der Waals surface area contributed by atoms with Gasteiger partial charge in [-0.05, 0) is 41.5 Å². The average Bonchev–Trinajstić information content (AvgIpc) is 2.75. The number of pyridine rings is 1. The van der Waals surface area contributed by atoms with E-state index in [1.165, 1.54) is 11.1 Å². The molecule has 1 aromatic heterocycles. The molecule has 0 spiro atoms. The van der Waals surface area contributed by atoms with Crippen molar-refractivity contribution in [3.05, 3.63) is 101 Å². The first kappa shape index (κ1) is 20.1. The molecule has 0 amide bonds. The molecule has 4 rings (SSSR count). The predicted molar refractivity (Wildman–Crippen MR) is 116 cm³/mol. The van der Waals surface area contributed by atoms with Crippen molar-refractivity contribution in [1.82, 2.24) is 4.98 Å². The maximum Gasteiger partial charge on any atom is 0.0717 e. The molecular weight excluding hydrogens is 382 g/mol. The molecule has 0 aliphatic heterocycles. The summed E-state index contributed by atoms with van der Waals surface area (Å²) in [6.45, 7) is 2.68. The second kappa shape index (κ2) is 10.0. The Labute approximate surface area is 177 Å². The third-order valence-electron chi connectivity index (χ3n) is 5.68. The van der Waals surface area contributed by atoms with E-state index in [1.807, 2.05) is 54.7 Å². The Morgan fingerprint density at radius 3 is 2.03 bits per heavy atom. The molecule has 4 heteroatoms. The van der Waals surface area contributed by atoms with E-state index in [1.54, 1.807) is 0 Å². The summed E-state index contributed by atoms with van der Waals surface area (Å²) in [5.74, 6) is 1.14. The van der Waals surface area contributed by atoms with Crippen LogP contribution in [0.2, 0.25) is 5.02 Å². The second-order valence-electron chi connectivity index (χ2n) is 7.64. The van der Waals surface area contributed by atoms with Gasteiger partial charge < -0.3 is 9.47 Å². The van der Waals surface area contributed by atoms with E-state index in [9.17, 15) is 0 Å². The summed E-state index contributed by atoms with van der Waals surface area (Å²) in [6, 6.07) is 24.4. The molecule has 1 aliphatic rings. The topological polar surface area (TPSA) is 31.4 Å². The summed E-state index contributed by atoms with van der Waals surface area (Å²) in [5.41, 5.74) is 3.38. The van der Waals surface area contributed by atoms with E-state index in [4.69, 9.17) is 21.1 Å². The van der Waals surface area contributed by atoms with Crippen LogP contribution in [0.15, 0.2) is 79.0 Å². The van der Waals surface area contributed by atoms with Gasteiger partial charge in [-0.3, -0.25) is 4.98 Å². The van der Waals surface area contributed by atoms with E-state index in [0.717, 1.165) is 23.7 Å². The summed E-state index contributed by atoms with van der Waals surface area (Å²) in [5, 5.41) is 0.745. The van der Waals surface area contributed by atoms with Crippen LogP contribution in [0.25, 0.3) is 0 Å². The van der Waals surface area contributed by atoms with Crippen molar-refractivity contribution >= 4 is 11.6 Å². The van der Waals surface area contributed by atoms with Gasteiger partial charge in [0.15, 0.2) is 0 Å². The lowest BCUT2D eigenvalue weighted by molar-refractivity contribution is -0.0394. The monoisotopic (exact) mass is 407 g/mol. The largest absolute Gasteiger partial charge is 0.376 e. The van der Waals surface area contributed by atoms with Crippen LogP contribution >= 0.6 is 11.6 Å². The lowest BCUT2D eigenvalue weighted by Crippen LogP contribution is -2.41. The first-order valence-corrected chi connectivity index (χ1v) is 10.5. The molecule has 0 N–H and O–H groups in total. The average molecular weight is 408 g/mol. The van der Waals surface area contributed by atoms with E-state index in [-0.39, 0.29) is 0 Å². The van der Waals surface area contributed by atoms with Gasteiger partial charge in [-0.15, -0.1) is 0 Å². The van der Waals surface area contributed by atoms with Crippen LogP contribution in [0.4, 0.5) is 0 Å². The number of hydrogen-bond acceptors (Lipinski definition) is 3. The van der Waals surface area contributed by atoms with Gasteiger partial charge in [-0.25, -0.2) is 0 Å². The Balaban J connectivity index is 1.35. The summed E-state index contributed by atoms with van der Waals surface area (Å²) in [7, 11) is 0. The quantitative estimate of drug-likeness (QED) is 0.443. The van der Waals surface area contributed by atoms with Gasteiger partial charge in [0.25, 0.3) is 0 Å². The first-order chi connectivity index (χ1) is 14.3. The number of rotatable bonds is 9. The van der Waals surface area contributed by atoms with Crippen LogP contribution < -0.4 is 0 Å². The van der Waals surface area contributed by atoms with Crippen molar-refractivity contribution in [2.45, 2.75) is 25.6 Å². The van der Waals surface area contributed by atoms with Crippen molar-refractivity contribution in [2.24, 2.45) is 11.8 Å². The van der Waals surface area contributed by atoms with Gasteiger partial charge in [0.1, 0.15) is 0 Å². The Morgan fingerprint density at radius 2 is 1.41 bits per heavy atom. The first-order valence-electron chi connectivity index (χ1n) is 10.1. The lowest BCUT2D eigenvalue weighted by atomic mass is 9.64. The SMILES string of the molecule is Clc1cccnc1C1CC(COCc2ccccc2)C1COCc1ccccc1. The maximum atomic E-state index is 6.42. The molecule has 1 heterocycles. The van der Waals surface area contributed by atoms with Gasteiger partial charge in [-0.1, -0.05) is 72.3 Å². The zero-order valence-electron chi connectivity index (χ0n) is 16.4. The van der Waals surface area contributed by atoms with Crippen LogP contribution in [0.3, 0.4) is 0 Å². The van der Waals surface area contributed by atoms with Crippen LogP contribution in [0.1, 0.15) is 29.2 Å². The minimum Gasteiger partial charge on any atom is -0.376 e. The van der Waals surface area contributed by atoms with Crippen LogP contribution in [-0.2, 0) is 22.7 Å². The highest BCUT2D eigenvalue weighted by Crippen LogP contribution is 2.48. The molecule has 150 valence electrons. The highest BCUT2D eigenvalue weighted by atomic mass is 35.5. The van der Waals surface area contributed by atoms with Crippen LogP contribution in [0, 0.1) is 11.8 Å². The van der Waals surface area contributed by atoms with E-state index in [0.29, 0.717) is 37.6 Å². The van der Waals surface area contributed by atoms with Gasteiger partial charge in [0.2, 0.25) is 0 Å². The fraction of sp³-hybridized carbons (Fsp3) is 0.320. The number of halogens is 1. The van der Waals surface area contributed by atoms with Crippen molar-refractivity contribution in [3.8, 4) is 0 Å². The minimum atomic E-state index is 0.324. The van der Waals surface area contributed by atoms with Crippen molar-refractivity contribution in [2.75, 3.05) is 13.2 Å².